The van der Waals surface area contributed by atoms with Crippen molar-refractivity contribution in [3.63, 3.8) is 0 Å². The molecule has 5 heteroatoms. The Morgan fingerprint density at radius 1 is 1.21 bits per heavy atom. The van der Waals surface area contributed by atoms with E-state index in [4.69, 9.17) is 0 Å². The number of H-pyrrole nitrogens is 2. The molecule has 4 nitrogen and oxygen atoms in total. The first-order valence-electron chi connectivity index (χ1n) is 4.05. The van der Waals surface area contributed by atoms with Crippen molar-refractivity contribution in [2.24, 2.45) is 0 Å². The first-order chi connectivity index (χ1) is 6.65. The summed E-state index contributed by atoms with van der Waals surface area (Å²) in [6.07, 6.45) is 0. The van der Waals surface area contributed by atoms with Gasteiger partial charge in [-0.3, -0.25) is 9.78 Å². The zero-order chi connectivity index (χ0) is 10.1. The molecular weight excluding hydrogens is 200 g/mol. The summed E-state index contributed by atoms with van der Waals surface area (Å²) in [6.45, 7) is 1.97. The van der Waals surface area contributed by atoms with E-state index in [1.54, 1.807) is 0 Å². The number of thiophene rings is 1. The predicted octanol–water partition coefficient (Wildman–Crippen LogP) is 1.10. The predicted molar refractivity (Wildman–Crippen MR) is 55.7 cm³/mol. The van der Waals surface area contributed by atoms with Gasteiger partial charge in [0.25, 0.3) is 5.56 Å². The van der Waals surface area contributed by atoms with Gasteiger partial charge in [0, 0.05) is 10.9 Å². The van der Waals surface area contributed by atoms with Crippen molar-refractivity contribution in [3.05, 3.63) is 43.9 Å². The highest BCUT2D eigenvalue weighted by atomic mass is 32.1. The first kappa shape index (κ1) is 8.96. The zero-order valence-electron chi connectivity index (χ0n) is 7.46. The number of rotatable bonds is 1. The van der Waals surface area contributed by atoms with Crippen LogP contribution in [0.4, 0.5) is 0 Å². The van der Waals surface area contributed by atoms with E-state index in [2.05, 4.69) is 9.97 Å². The maximum atomic E-state index is 11.0. The van der Waals surface area contributed by atoms with Gasteiger partial charge in [0.2, 0.25) is 0 Å². The average molecular weight is 208 g/mol. The van der Waals surface area contributed by atoms with Crippen LogP contribution in [0.25, 0.3) is 10.6 Å². The fourth-order valence-electron chi connectivity index (χ4n) is 1.18. The number of hydrogen-bond donors (Lipinski definition) is 2. The summed E-state index contributed by atoms with van der Waals surface area (Å²) in [5.41, 5.74) is -0.287. The zero-order valence-corrected chi connectivity index (χ0v) is 8.27. The van der Waals surface area contributed by atoms with Crippen LogP contribution in [0.3, 0.4) is 0 Å². The molecule has 0 unspecified atom stereocenters. The molecule has 2 rings (SSSR count). The Bertz CT molecular complexity index is 536. The topological polar surface area (TPSA) is 65.7 Å². The molecule has 0 amide bonds. The summed E-state index contributed by atoms with van der Waals surface area (Å²) in [7, 11) is 0. The minimum Gasteiger partial charge on any atom is -0.306 e. The Balaban J connectivity index is 2.62. The van der Waals surface area contributed by atoms with Crippen LogP contribution in [-0.2, 0) is 0 Å². The molecule has 0 bridgehead atoms. The largest absolute Gasteiger partial charge is 0.326 e. The van der Waals surface area contributed by atoms with Gasteiger partial charge in [-0.25, -0.2) is 4.79 Å². The fourth-order valence-corrected chi connectivity index (χ4v) is 2.02. The Morgan fingerprint density at radius 3 is 2.57 bits per heavy atom. The van der Waals surface area contributed by atoms with Gasteiger partial charge in [-0.05, 0) is 19.1 Å². The molecule has 14 heavy (non-hydrogen) atoms. The molecule has 72 valence electrons. The van der Waals surface area contributed by atoms with Gasteiger partial charge < -0.3 is 4.98 Å². The first-order valence-corrected chi connectivity index (χ1v) is 4.87. The number of aromatic amines is 2. The molecule has 0 aromatic carbocycles. The smallest absolute Gasteiger partial charge is 0.306 e. The van der Waals surface area contributed by atoms with Crippen LogP contribution >= 0.6 is 11.3 Å². The normalized spacial score (nSPS) is 10.4. The summed E-state index contributed by atoms with van der Waals surface area (Å²) in [4.78, 5) is 28.7. The van der Waals surface area contributed by atoms with Gasteiger partial charge in [-0.2, -0.15) is 0 Å². The van der Waals surface area contributed by atoms with Crippen LogP contribution in [-0.4, -0.2) is 9.97 Å². The number of aryl methyl sites for hydroxylation is 1. The molecule has 0 radical (unpaired) electrons. The van der Waals surface area contributed by atoms with Crippen LogP contribution < -0.4 is 11.2 Å². The summed E-state index contributed by atoms with van der Waals surface area (Å²) < 4.78 is 0. The molecule has 0 aliphatic carbocycles. The van der Waals surface area contributed by atoms with Gasteiger partial charge in [0.05, 0.1) is 10.6 Å². The monoisotopic (exact) mass is 208 g/mol. The second kappa shape index (κ2) is 3.26. The molecule has 0 saturated carbocycles. The molecular formula is C9H8N2O2S. The highest BCUT2D eigenvalue weighted by molar-refractivity contribution is 7.15. The summed E-state index contributed by atoms with van der Waals surface area (Å²) in [6, 6.07) is 5.21. The van der Waals surface area contributed by atoms with Gasteiger partial charge in [0.1, 0.15) is 0 Å². The SMILES string of the molecule is Cc1ccc(-c2cc(=O)[nH]c(=O)[nH]2)s1. The van der Waals surface area contributed by atoms with E-state index in [0.29, 0.717) is 5.69 Å². The van der Waals surface area contributed by atoms with E-state index >= 15 is 0 Å². The third-order valence-corrected chi connectivity index (χ3v) is 2.80. The molecule has 2 aromatic rings. The Kier molecular flexibility index (Phi) is 2.09. The number of aromatic nitrogens is 2. The lowest BCUT2D eigenvalue weighted by molar-refractivity contribution is 1.04. The molecule has 0 saturated heterocycles. The van der Waals surface area contributed by atoms with Crippen molar-refractivity contribution in [2.75, 3.05) is 0 Å². The van der Waals surface area contributed by atoms with Crippen LogP contribution in [0.5, 0.6) is 0 Å². The number of hydrogen-bond acceptors (Lipinski definition) is 3. The highest BCUT2D eigenvalue weighted by Crippen LogP contribution is 2.23. The lowest BCUT2D eigenvalue weighted by atomic mass is 10.3. The van der Waals surface area contributed by atoms with E-state index in [0.717, 1.165) is 9.75 Å². The molecule has 0 atom stereocenters. The molecule has 0 aliphatic heterocycles. The lowest BCUT2D eigenvalue weighted by Gasteiger charge is -1.94. The van der Waals surface area contributed by atoms with Gasteiger partial charge in [-0.1, -0.05) is 0 Å². The van der Waals surface area contributed by atoms with Crippen molar-refractivity contribution in [2.45, 2.75) is 6.92 Å². The maximum absolute atomic E-state index is 11.0. The van der Waals surface area contributed by atoms with Gasteiger partial charge in [0.15, 0.2) is 0 Å². The second-order valence-corrected chi connectivity index (χ2v) is 4.20. The number of nitrogens with one attached hydrogen (secondary N) is 2. The summed E-state index contributed by atoms with van der Waals surface area (Å²) in [5, 5.41) is 0. The third-order valence-electron chi connectivity index (χ3n) is 1.77. The minimum absolute atomic E-state index is 0.380. The minimum atomic E-state index is -0.474. The standard InChI is InChI=1S/C9H8N2O2S/c1-5-2-3-7(14-5)6-4-8(12)11-9(13)10-6/h2-4H,1H3,(H2,10,11,12,13). The molecule has 0 fully saturated rings. The van der Waals surface area contributed by atoms with Crippen molar-refractivity contribution >= 4 is 11.3 Å². The summed E-state index contributed by atoms with van der Waals surface area (Å²) >= 11 is 1.54. The van der Waals surface area contributed by atoms with E-state index in [1.165, 1.54) is 17.4 Å². The molecule has 2 heterocycles. The Labute approximate surface area is 83.3 Å². The van der Waals surface area contributed by atoms with Crippen molar-refractivity contribution in [1.29, 1.82) is 0 Å². The average Bonchev–Trinajstić information content (AvgIpc) is 2.50. The fraction of sp³-hybridized carbons (Fsp3) is 0.111. The molecule has 2 aromatic heterocycles. The van der Waals surface area contributed by atoms with E-state index < -0.39 is 5.69 Å². The second-order valence-electron chi connectivity index (χ2n) is 2.91. The summed E-state index contributed by atoms with van der Waals surface area (Å²) in [5.74, 6) is 0. The van der Waals surface area contributed by atoms with Crippen LogP contribution in [0.2, 0.25) is 0 Å². The molecule has 0 spiro atoms. The highest BCUT2D eigenvalue weighted by Gasteiger charge is 2.02. The maximum Gasteiger partial charge on any atom is 0.326 e. The van der Waals surface area contributed by atoms with Crippen LogP contribution in [0.1, 0.15) is 4.88 Å². The lowest BCUT2D eigenvalue weighted by Crippen LogP contribution is -2.21. The van der Waals surface area contributed by atoms with Crippen LogP contribution in [0, 0.1) is 6.92 Å². The van der Waals surface area contributed by atoms with Crippen molar-refractivity contribution in [3.8, 4) is 10.6 Å². The Morgan fingerprint density at radius 2 is 2.00 bits per heavy atom. The van der Waals surface area contributed by atoms with Gasteiger partial charge in [-0.15, -0.1) is 11.3 Å². The van der Waals surface area contributed by atoms with Crippen molar-refractivity contribution < 1.29 is 0 Å². The molecule has 0 aliphatic rings. The van der Waals surface area contributed by atoms with E-state index in [9.17, 15) is 9.59 Å². The van der Waals surface area contributed by atoms with Gasteiger partial charge >= 0.3 is 5.69 Å². The molecule has 2 N–H and O–H groups in total. The van der Waals surface area contributed by atoms with E-state index in [1.807, 2.05) is 19.1 Å². The third kappa shape index (κ3) is 1.67. The van der Waals surface area contributed by atoms with Crippen LogP contribution in [0.15, 0.2) is 27.8 Å². The van der Waals surface area contributed by atoms with E-state index in [-0.39, 0.29) is 5.56 Å². The Hall–Kier alpha value is -1.62. The quantitative estimate of drug-likeness (QED) is 0.737. The van der Waals surface area contributed by atoms with Crippen molar-refractivity contribution in [1.82, 2.24) is 9.97 Å².